The molecule has 1 amide bonds. The van der Waals surface area contributed by atoms with Crippen LogP contribution in [0.3, 0.4) is 0 Å². The Balaban J connectivity index is 1.23. The number of nitrogens with one attached hydrogen (secondary N) is 2. The smallest absolute Gasteiger partial charge is 0.328 e. The van der Waals surface area contributed by atoms with Crippen LogP contribution in [0.25, 0.3) is 10.9 Å². The highest BCUT2D eigenvalue weighted by atomic mass is 16.5. The van der Waals surface area contributed by atoms with Crippen molar-refractivity contribution in [1.29, 1.82) is 0 Å². The largest absolute Gasteiger partial charge is 0.467 e. The van der Waals surface area contributed by atoms with E-state index in [0.717, 1.165) is 74.3 Å². The Bertz CT molecular complexity index is 1640. The Labute approximate surface area is 288 Å². The quantitative estimate of drug-likeness (QED) is 0.222. The molecule has 0 aliphatic heterocycles. The lowest BCUT2D eigenvalue weighted by Gasteiger charge is -2.71. The number of esters is 1. The van der Waals surface area contributed by atoms with Crippen LogP contribution in [0.2, 0.25) is 0 Å². The lowest BCUT2D eigenvalue weighted by atomic mass is 9.33. The number of rotatable bonds is 5. The maximum Gasteiger partial charge on any atom is 0.328 e. The molecule has 3 N–H and O–H groups in total. The van der Waals surface area contributed by atoms with Gasteiger partial charge in [-0.2, -0.15) is 0 Å². The Morgan fingerprint density at radius 2 is 1.69 bits per heavy atom. The van der Waals surface area contributed by atoms with E-state index in [9.17, 15) is 14.7 Å². The molecule has 2 aromatic rings. The Kier molecular flexibility index (Phi) is 7.91. The number of carbonyl (C=O) groups excluding carboxylic acids is 2. The number of ether oxygens (including phenoxy) is 1. The maximum absolute atomic E-state index is 14.9. The number of para-hydroxylation sites is 1. The van der Waals surface area contributed by atoms with Crippen molar-refractivity contribution in [3.63, 3.8) is 0 Å². The monoisotopic (exact) mass is 656 g/mol. The summed E-state index contributed by atoms with van der Waals surface area (Å²) in [7, 11) is 1.42. The number of aromatic amines is 1. The van der Waals surface area contributed by atoms with Crippen LogP contribution in [0.5, 0.6) is 0 Å². The molecule has 262 valence electrons. The average Bonchev–Trinajstić information content (AvgIpc) is 3.45. The molecule has 6 nitrogen and oxygen atoms in total. The normalized spacial score (nSPS) is 40.3. The SMILES string of the molecule is COC(=O)[C@H](Cc1c[nH]c2ccccc12)NC(=O)[C@]12CCC(C)(C)C[C@H]1C1=CC[C@@H]3[C@@]4(C)CC[C@H](O)C(C)(C)[C@@H]4CC[C@@]3(C)[C@]1(C)CC2. The molecule has 0 unspecified atom stereocenters. The van der Waals surface area contributed by atoms with E-state index in [0.29, 0.717) is 18.3 Å². The Morgan fingerprint density at radius 3 is 2.44 bits per heavy atom. The number of benzene rings is 1. The molecular formula is C42H60N2O4. The number of allylic oxidation sites excluding steroid dienone is 2. The van der Waals surface area contributed by atoms with Gasteiger partial charge in [-0.1, -0.05) is 78.3 Å². The minimum Gasteiger partial charge on any atom is -0.467 e. The summed E-state index contributed by atoms with van der Waals surface area (Å²) in [6.45, 7) is 17.1. The summed E-state index contributed by atoms with van der Waals surface area (Å²) in [5.74, 6) is 0.865. The van der Waals surface area contributed by atoms with E-state index < -0.39 is 17.4 Å². The molecule has 1 aromatic heterocycles. The van der Waals surface area contributed by atoms with Crippen molar-refractivity contribution in [2.24, 2.45) is 50.2 Å². The Morgan fingerprint density at radius 1 is 0.958 bits per heavy atom. The maximum atomic E-state index is 14.9. The number of hydrogen-bond acceptors (Lipinski definition) is 4. The molecule has 4 fully saturated rings. The van der Waals surface area contributed by atoms with Gasteiger partial charge in [0.2, 0.25) is 5.91 Å². The Hall–Kier alpha value is -2.60. The average molecular weight is 657 g/mol. The van der Waals surface area contributed by atoms with E-state index >= 15 is 0 Å². The summed E-state index contributed by atoms with van der Waals surface area (Å²) in [6, 6.07) is 7.35. The van der Waals surface area contributed by atoms with Gasteiger partial charge in [0, 0.05) is 23.5 Å². The fourth-order valence-electron chi connectivity index (χ4n) is 12.8. The van der Waals surface area contributed by atoms with Crippen molar-refractivity contribution in [3.8, 4) is 0 Å². The summed E-state index contributed by atoms with van der Waals surface area (Å²) >= 11 is 0. The van der Waals surface area contributed by atoms with E-state index in [2.05, 4.69) is 70.9 Å². The van der Waals surface area contributed by atoms with Crippen molar-refractivity contribution in [2.75, 3.05) is 7.11 Å². The summed E-state index contributed by atoms with van der Waals surface area (Å²) in [4.78, 5) is 31.5. The first-order valence-corrected chi connectivity index (χ1v) is 18.8. The molecule has 1 aromatic carbocycles. The predicted octanol–water partition coefficient (Wildman–Crippen LogP) is 8.53. The molecule has 0 bridgehead atoms. The standard InChI is InChI=1S/C42H60N2O4/c1-37(2)19-21-42(36(47)44-31(35(46)48-8)23-26-25-43-30-12-10-9-11-27(26)30)22-20-40(6)28(29(42)24-37)13-14-33-39(5)17-16-34(45)38(3,4)32(39)15-18-41(33,40)7/h9-13,25,29,31-34,43,45H,14-24H2,1-8H3,(H,44,47)/t29-,31-,32-,33+,34-,39-,40+,41+,42-/m0/s1. The number of aliphatic hydroxyl groups is 1. The van der Waals surface area contributed by atoms with Gasteiger partial charge in [-0.3, -0.25) is 4.79 Å². The highest BCUT2D eigenvalue weighted by molar-refractivity contribution is 5.90. The van der Waals surface area contributed by atoms with Crippen LogP contribution in [0.15, 0.2) is 42.1 Å². The van der Waals surface area contributed by atoms with Gasteiger partial charge >= 0.3 is 5.97 Å². The second kappa shape index (κ2) is 11.2. The summed E-state index contributed by atoms with van der Waals surface area (Å²) in [5, 5.41) is 15.5. The fourth-order valence-corrected chi connectivity index (χ4v) is 12.8. The zero-order valence-corrected chi connectivity index (χ0v) is 30.8. The molecule has 9 atom stereocenters. The third kappa shape index (κ3) is 4.73. The summed E-state index contributed by atoms with van der Waals surface area (Å²) < 4.78 is 5.29. The number of fused-ring (bicyclic) bond motifs is 8. The number of hydrogen-bond donors (Lipinski definition) is 3. The summed E-state index contributed by atoms with van der Waals surface area (Å²) in [6.07, 6.45) is 14.8. The van der Waals surface area contributed by atoms with Crippen LogP contribution in [0, 0.1) is 50.2 Å². The van der Waals surface area contributed by atoms with Crippen LogP contribution in [0.4, 0.5) is 0 Å². The molecule has 0 radical (unpaired) electrons. The summed E-state index contributed by atoms with van der Waals surface area (Å²) in [5.41, 5.74) is 3.43. The van der Waals surface area contributed by atoms with Crippen molar-refractivity contribution < 1.29 is 19.4 Å². The molecular weight excluding hydrogens is 596 g/mol. The second-order valence-corrected chi connectivity index (χ2v) is 18.9. The topological polar surface area (TPSA) is 91.4 Å². The van der Waals surface area contributed by atoms with Crippen molar-refractivity contribution in [2.45, 2.75) is 131 Å². The van der Waals surface area contributed by atoms with Crippen molar-refractivity contribution in [3.05, 3.63) is 47.7 Å². The highest BCUT2D eigenvalue weighted by Gasteiger charge is 2.69. The number of aliphatic hydroxyl groups excluding tert-OH is 1. The lowest BCUT2D eigenvalue weighted by molar-refractivity contribution is -0.203. The third-order valence-corrected chi connectivity index (χ3v) is 16.0. The van der Waals surface area contributed by atoms with E-state index in [4.69, 9.17) is 4.74 Å². The molecule has 6 heteroatoms. The van der Waals surface area contributed by atoms with E-state index in [-0.39, 0.29) is 45.0 Å². The number of carbonyl (C=O) groups is 2. The van der Waals surface area contributed by atoms with Crippen molar-refractivity contribution >= 4 is 22.8 Å². The van der Waals surface area contributed by atoms with Gasteiger partial charge in [-0.15, -0.1) is 0 Å². The van der Waals surface area contributed by atoms with Crippen molar-refractivity contribution in [1.82, 2.24) is 10.3 Å². The van der Waals surface area contributed by atoms with E-state index in [1.807, 2.05) is 24.4 Å². The highest BCUT2D eigenvalue weighted by Crippen LogP contribution is 2.75. The molecule has 48 heavy (non-hydrogen) atoms. The number of aromatic nitrogens is 1. The predicted molar refractivity (Wildman–Crippen MR) is 191 cm³/mol. The molecule has 5 aliphatic carbocycles. The molecule has 0 spiro atoms. The molecule has 0 saturated heterocycles. The van der Waals surface area contributed by atoms with Gasteiger partial charge in [-0.05, 0) is 121 Å². The zero-order chi connectivity index (χ0) is 34.5. The molecule has 1 heterocycles. The third-order valence-electron chi connectivity index (χ3n) is 16.0. The zero-order valence-electron chi connectivity index (χ0n) is 30.8. The van der Waals surface area contributed by atoms with Gasteiger partial charge in [0.1, 0.15) is 6.04 Å². The van der Waals surface area contributed by atoms with E-state index in [1.54, 1.807) is 0 Å². The minimum absolute atomic E-state index is 0.0117. The number of H-pyrrole nitrogens is 1. The molecule has 5 aliphatic rings. The van der Waals surface area contributed by atoms with Gasteiger partial charge in [-0.25, -0.2) is 4.79 Å². The lowest BCUT2D eigenvalue weighted by Crippen LogP contribution is -2.65. The van der Waals surface area contributed by atoms with Crippen LogP contribution < -0.4 is 5.32 Å². The molecule has 7 rings (SSSR count). The van der Waals surface area contributed by atoms with Crippen LogP contribution in [-0.4, -0.2) is 41.2 Å². The first-order valence-electron chi connectivity index (χ1n) is 18.8. The van der Waals surface area contributed by atoms with Gasteiger partial charge in [0.25, 0.3) is 0 Å². The number of amides is 1. The number of methoxy groups -OCH3 is 1. The fraction of sp³-hybridized carbons (Fsp3) is 0.714. The first kappa shape index (κ1) is 33.9. The van der Waals surface area contributed by atoms with Gasteiger partial charge in [0.05, 0.1) is 18.6 Å². The first-order chi connectivity index (χ1) is 22.5. The van der Waals surface area contributed by atoms with Crippen LogP contribution in [-0.2, 0) is 20.7 Å². The van der Waals surface area contributed by atoms with Gasteiger partial charge in [0.15, 0.2) is 0 Å². The van der Waals surface area contributed by atoms with Crippen LogP contribution >= 0.6 is 0 Å². The minimum atomic E-state index is -0.748. The second-order valence-electron chi connectivity index (χ2n) is 18.9. The molecule has 4 saturated carbocycles. The van der Waals surface area contributed by atoms with Gasteiger partial charge < -0.3 is 20.1 Å². The van der Waals surface area contributed by atoms with Crippen LogP contribution in [0.1, 0.15) is 118 Å². The van der Waals surface area contributed by atoms with E-state index in [1.165, 1.54) is 19.1 Å².